The molecule has 4 N–H and O–H groups in total. The van der Waals surface area contributed by atoms with E-state index in [-0.39, 0.29) is 16.1 Å². The van der Waals surface area contributed by atoms with Gasteiger partial charge >= 0.3 is 0 Å². The van der Waals surface area contributed by atoms with Crippen LogP contribution < -0.4 is 15.8 Å². The van der Waals surface area contributed by atoms with E-state index in [2.05, 4.69) is 17.0 Å². The molecule has 7 nitrogen and oxygen atoms in total. The van der Waals surface area contributed by atoms with Crippen molar-refractivity contribution in [3.8, 4) is 0 Å². The minimum atomic E-state index is -3.96. The fourth-order valence-corrected chi connectivity index (χ4v) is 6.29. The first kappa shape index (κ1) is 22.9. The molecule has 1 aliphatic carbocycles. The van der Waals surface area contributed by atoms with Gasteiger partial charge in [0, 0.05) is 16.1 Å². The Labute approximate surface area is 194 Å². The summed E-state index contributed by atoms with van der Waals surface area (Å²) in [5.74, 6) is -1.14. The summed E-state index contributed by atoms with van der Waals surface area (Å²) < 4.78 is 40.6. The van der Waals surface area contributed by atoms with Crippen LogP contribution in [0.3, 0.4) is 0 Å². The van der Waals surface area contributed by atoms with Crippen molar-refractivity contribution in [3.63, 3.8) is 0 Å². The van der Waals surface area contributed by atoms with E-state index in [1.807, 2.05) is 0 Å². The number of carbonyl (C=O) groups is 2. The van der Waals surface area contributed by atoms with Gasteiger partial charge in [0.05, 0.1) is 10.5 Å². The van der Waals surface area contributed by atoms with Crippen molar-refractivity contribution in [2.75, 3.05) is 10.0 Å². The molecule has 4 rings (SSSR count). The van der Waals surface area contributed by atoms with Crippen LogP contribution >= 0.6 is 11.3 Å². The number of carbonyl (C=O) groups excluding carboxylic acids is 2. The van der Waals surface area contributed by atoms with Gasteiger partial charge in [0.25, 0.3) is 21.8 Å². The van der Waals surface area contributed by atoms with Crippen molar-refractivity contribution in [1.29, 1.82) is 0 Å². The van der Waals surface area contributed by atoms with Gasteiger partial charge < -0.3 is 11.1 Å². The van der Waals surface area contributed by atoms with E-state index >= 15 is 0 Å². The van der Waals surface area contributed by atoms with Crippen molar-refractivity contribution >= 4 is 43.9 Å². The van der Waals surface area contributed by atoms with Gasteiger partial charge in [0.2, 0.25) is 0 Å². The highest BCUT2D eigenvalue weighted by Crippen LogP contribution is 2.39. The van der Waals surface area contributed by atoms with Gasteiger partial charge in [-0.15, -0.1) is 11.3 Å². The van der Waals surface area contributed by atoms with Crippen LogP contribution in [0.25, 0.3) is 0 Å². The average Bonchev–Trinajstić information content (AvgIpc) is 3.11. The first-order valence-electron chi connectivity index (χ1n) is 10.3. The summed E-state index contributed by atoms with van der Waals surface area (Å²) in [4.78, 5) is 26.0. The van der Waals surface area contributed by atoms with Crippen LogP contribution in [0.15, 0.2) is 53.4 Å². The predicted molar refractivity (Wildman–Crippen MR) is 126 cm³/mol. The number of rotatable bonds is 6. The number of sulfonamides is 1. The molecule has 3 aromatic rings. The molecule has 0 saturated carbocycles. The molecule has 1 heterocycles. The number of primary amides is 1. The number of hydrogen-bond donors (Lipinski definition) is 3. The van der Waals surface area contributed by atoms with Crippen LogP contribution in [0.1, 0.15) is 44.5 Å². The maximum atomic E-state index is 13.1. The predicted octanol–water partition coefficient (Wildman–Crippen LogP) is 4.16. The fraction of sp³-hybridized carbons (Fsp3) is 0.217. The van der Waals surface area contributed by atoms with Crippen molar-refractivity contribution in [3.05, 3.63) is 75.9 Å². The number of halogens is 1. The number of hydrogen-bond acceptors (Lipinski definition) is 5. The Kier molecular flexibility index (Phi) is 6.22. The highest BCUT2D eigenvalue weighted by atomic mass is 32.2. The molecule has 0 bridgehead atoms. The average molecular weight is 488 g/mol. The second-order valence-corrected chi connectivity index (χ2v) is 10.8. The minimum Gasteiger partial charge on any atom is -0.365 e. The third-order valence-electron chi connectivity index (χ3n) is 5.49. The largest absolute Gasteiger partial charge is 0.365 e. The Bertz CT molecular complexity index is 1330. The SMILES string of the molecule is C[C@H]1CCc2c(sc(NC(=O)c3cccc(NS(=O)(=O)c4ccc(F)cc4)c3)c2C(N)=O)C1. The summed E-state index contributed by atoms with van der Waals surface area (Å²) >= 11 is 1.35. The zero-order chi connectivity index (χ0) is 23.8. The van der Waals surface area contributed by atoms with Crippen molar-refractivity contribution in [2.24, 2.45) is 11.7 Å². The van der Waals surface area contributed by atoms with Crippen molar-refractivity contribution < 1.29 is 22.4 Å². The summed E-state index contributed by atoms with van der Waals surface area (Å²) in [6.45, 7) is 2.14. The quantitative estimate of drug-likeness (QED) is 0.484. The Morgan fingerprint density at radius 2 is 1.88 bits per heavy atom. The fourth-order valence-electron chi connectivity index (χ4n) is 3.83. The second kappa shape index (κ2) is 8.95. The van der Waals surface area contributed by atoms with Crippen LogP contribution in [0.5, 0.6) is 0 Å². The van der Waals surface area contributed by atoms with Gasteiger partial charge in [-0.2, -0.15) is 0 Å². The Hall–Kier alpha value is -3.24. The maximum Gasteiger partial charge on any atom is 0.261 e. The normalized spacial score (nSPS) is 15.5. The maximum absolute atomic E-state index is 13.1. The van der Waals surface area contributed by atoms with E-state index in [4.69, 9.17) is 5.73 Å². The molecule has 2 aromatic carbocycles. The third kappa shape index (κ3) is 4.91. The monoisotopic (exact) mass is 487 g/mol. The number of thiophene rings is 1. The Morgan fingerprint density at radius 1 is 1.15 bits per heavy atom. The first-order valence-corrected chi connectivity index (χ1v) is 12.6. The molecule has 1 aliphatic rings. The van der Waals surface area contributed by atoms with Crippen LogP contribution in [-0.2, 0) is 22.9 Å². The molecule has 0 aliphatic heterocycles. The zero-order valence-electron chi connectivity index (χ0n) is 17.7. The van der Waals surface area contributed by atoms with Gasteiger partial charge in [0.15, 0.2) is 0 Å². The highest BCUT2D eigenvalue weighted by Gasteiger charge is 2.27. The third-order valence-corrected chi connectivity index (χ3v) is 8.05. The number of anilines is 2. The van der Waals surface area contributed by atoms with E-state index in [0.717, 1.165) is 54.0 Å². The Morgan fingerprint density at radius 3 is 2.58 bits per heavy atom. The lowest BCUT2D eigenvalue weighted by Gasteiger charge is -2.18. The van der Waals surface area contributed by atoms with E-state index in [9.17, 15) is 22.4 Å². The molecular formula is C23H22FN3O4S2. The van der Waals surface area contributed by atoms with Gasteiger partial charge in [-0.1, -0.05) is 13.0 Å². The summed E-state index contributed by atoms with van der Waals surface area (Å²) in [6.07, 6.45) is 2.52. The lowest BCUT2D eigenvalue weighted by molar-refractivity contribution is 0.1000. The van der Waals surface area contributed by atoms with Crippen molar-refractivity contribution in [1.82, 2.24) is 0 Å². The molecule has 172 valence electrons. The molecule has 10 heteroatoms. The molecule has 0 unspecified atom stereocenters. The van der Waals surface area contributed by atoms with Gasteiger partial charge in [-0.25, -0.2) is 12.8 Å². The standard InChI is InChI=1S/C23H22FN3O4S2/c1-13-5-10-18-19(11-13)32-23(20(18)21(25)28)26-22(29)14-3-2-4-16(12-14)27-33(30,31)17-8-6-15(24)7-9-17/h2-4,6-9,12-13,27H,5,10-11H2,1H3,(H2,25,28)(H,26,29)/t13-/m0/s1. The number of nitrogens with one attached hydrogen (secondary N) is 2. The summed E-state index contributed by atoms with van der Waals surface area (Å²) in [5.41, 5.74) is 7.23. The molecule has 0 spiro atoms. The summed E-state index contributed by atoms with van der Waals surface area (Å²) in [5, 5.41) is 3.17. The van der Waals surface area contributed by atoms with Gasteiger partial charge in [-0.3, -0.25) is 14.3 Å². The molecular weight excluding hydrogens is 465 g/mol. The van der Waals surface area contributed by atoms with E-state index in [1.54, 1.807) is 0 Å². The number of nitrogens with two attached hydrogens (primary N) is 1. The van der Waals surface area contributed by atoms with Crippen LogP contribution in [0, 0.1) is 11.7 Å². The van der Waals surface area contributed by atoms with Gasteiger partial charge in [-0.05, 0) is 73.2 Å². The smallest absolute Gasteiger partial charge is 0.261 e. The van der Waals surface area contributed by atoms with Gasteiger partial charge in [0.1, 0.15) is 10.8 Å². The minimum absolute atomic E-state index is 0.108. The Balaban J connectivity index is 1.57. The highest BCUT2D eigenvalue weighted by molar-refractivity contribution is 7.92. The van der Waals surface area contributed by atoms with Crippen LogP contribution in [0.4, 0.5) is 15.1 Å². The number of amides is 2. The molecule has 0 radical (unpaired) electrons. The molecule has 33 heavy (non-hydrogen) atoms. The zero-order valence-corrected chi connectivity index (χ0v) is 19.4. The van der Waals surface area contributed by atoms with Crippen molar-refractivity contribution in [2.45, 2.75) is 31.1 Å². The molecule has 1 aromatic heterocycles. The molecule has 0 saturated heterocycles. The summed E-state index contributed by atoms with van der Waals surface area (Å²) in [7, 11) is -3.96. The topological polar surface area (TPSA) is 118 Å². The first-order chi connectivity index (χ1) is 15.6. The molecule has 2 amide bonds. The summed E-state index contributed by atoms with van der Waals surface area (Å²) in [6, 6.07) is 10.4. The molecule has 1 atom stereocenters. The number of benzene rings is 2. The number of fused-ring (bicyclic) bond motifs is 1. The molecule has 0 fully saturated rings. The van der Waals surface area contributed by atoms with E-state index in [0.29, 0.717) is 16.5 Å². The van der Waals surface area contributed by atoms with Crippen LogP contribution in [-0.4, -0.2) is 20.2 Å². The van der Waals surface area contributed by atoms with Crippen LogP contribution in [0.2, 0.25) is 0 Å². The van der Waals surface area contributed by atoms with E-state index < -0.39 is 27.7 Å². The van der Waals surface area contributed by atoms with E-state index in [1.165, 1.54) is 35.6 Å². The lowest BCUT2D eigenvalue weighted by atomic mass is 9.88. The lowest BCUT2D eigenvalue weighted by Crippen LogP contribution is -2.19. The second-order valence-electron chi connectivity index (χ2n) is 8.01.